The van der Waals surface area contributed by atoms with E-state index < -0.39 is 0 Å². The Morgan fingerprint density at radius 1 is 1.38 bits per heavy atom. The minimum absolute atomic E-state index is 0.114. The molecule has 3 N–H and O–H groups in total. The van der Waals surface area contributed by atoms with Gasteiger partial charge in [0.2, 0.25) is 0 Å². The molecule has 6 nitrogen and oxygen atoms in total. The van der Waals surface area contributed by atoms with Crippen molar-refractivity contribution in [2.75, 3.05) is 18.5 Å². The van der Waals surface area contributed by atoms with Gasteiger partial charge >= 0.3 is 6.03 Å². The van der Waals surface area contributed by atoms with Gasteiger partial charge < -0.3 is 10.4 Å². The summed E-state index contributed by atoms with van der Waals surface area (Å²) in [5, 5.41) is 18.7. The third-order valence-electron chi connectivity index (χ3n) is 3.87. The van der Waals surface area contributed by atoms with Crippen molar-refractivity contribution < 1.29 is 14.3 Å². The lowest BCUT2D eigenvalue weighted by molar-refractivity contribution is 0.238. The third kappa shape index (κ3) is 4.79. The molecular formula is C17H23FN4O2. The van der Waals surface area contributed by atoms with Gasteiger partial charge in [-0.15, -0.1) is 5.10 Å². The Balaban J connectivity index is 1.97. The number of amides is 2. The summed E-state index contributed by atoms with van der Waals surface area (Å²) in [6.45, 7) is 4.49. The summed E-state index contributed by atoms with van der Waals surface area (Å²) < 4.78 is 14.6. The van der Waals surface area contributed by atoms with Crippen LogP contribution in [0.4, 0.5) is 15.0 Å². The van der Waals surface area contributed by atoms with E-state index in [1.807, 2.05) is 13.8 Å². The maximum atomic E-state index is 13.0. The fourth-order valence-corrected chi connectivity index (χ4v) is 2.41. The molecule has 0 aliphatic carbocycles. The number of anilines is 1. The minimum atomic E-state index is -0.338. The van der Waals surface area contributed by atoms with Crippen molar-refractivity contribution in [3.05, 3.63) is 41.8 Å². The molecule has 1 aromatic carbocycles. The van der Waals surface area contributed by atoms with Crippen molar-refractivity contribution in [3.63, 3.8) is 0 Å². The van der Waals surface area contributed by atoms with Gasteiger partial charge in [-0.2, -0.15) is 0 Å². The molecule has 1 aromatic heterocycles. The number of rotatable bonds is 7. The average molecular weight is 334 g/mol. The first-order chi connectivity index (χ1) is 11.5. The molecule has 130 valence electrons. The van der Waals surface area contributed by atoms with Gasteiger partial charge in [0.05, 0.1) is 5.69 Å². The molecule has 0 aliphatic rings. The number of carbonyl (C=O) groups excluding carboxylic acids is 1. The highest BCUT2D eigenvalue weighted by Crippen LogP contribution is 2.15. The summed E-state index contributed by atoms with van der Waals surface area (Å²) in [7, 11) is 0. The summed E-state index contributed by atoms with van der Waals surface area (Å²) >= 11 is 0. The van der Waals surface area contributed by atoms with E-state index in [9.17, 15) is 9.18 Å². The number of hydrogen-bond acceptors (Lipinski definition) is 3. The third-order valence-corrected chi connectivity index (χ3v) is 3.87. The SMILES string of the molecule is CCC(CCO)CNC(=O)Nc1cc(C)n(-c2ccc(F)cc2)n1. The van der Waals surface area contributed by atoms with Crippen LogP contribution in [0.25, 0.3) is 5.69 Å². The smallest absolute Gasteiger partial charge is 0.320 e. The zero-order valence-corrected chi connectivity index (χ0v) is 13.9. The summed E-state index contributed by atoms with van der Waals surface area (Å²) in [6, 6.07) is 7.38. The van der Waals surface area contributed by atoms with Gasteiger partial charge in [-0.05, 0) is 43.5 Å². The van der Waals surface area contributed by atoms with E-state index in [1.54, 1.807) is 22.9 Å². The molecule has 1 heterocycles. The molecule has 2 rings (SSSR count). The zero-order valence-electron chi connectivity index (χ0n) is 13.9. The minimum Gasteiger partial charge on any atom is -0.396 e. The van der Waals surface area contributed by atoms with Crippen molar-refractivity contribution in [1.82, 2.24) is 15.1 Å². The molecular weight excluding hydrogens is 311 g/mol. The van der Waals surface area contributed by atoms with Crippen LogP contribution in [0.15, 0.2) is 30.3 Å². The maximum absolute atomic E-state index is 13.0. The lowest BCUT2D eigenvalue weighted by Crippen LogP contribution is -2.33. The normalized spacial score (nSPS) is 12.0. The van der Waals surface area contributed by atoms with E-state index in [0.29, 0.717) is 18.8 Å². The number of nitrogens with one attached hydrogen (secondary N) is 2. The van der Waals surface area contributed by atoms with E-state index in [2.05, 4.69) is 15.7 Å². The Hall–Kier alpha value is -2.41. The number of aliphatic hydroxyl groups excluding tert-OH is 1. The molecule has 7 heteroatoms. The van der Waals surface area contributed by atoms with Crippen LogP contribution in [0.3, 0.4) is 0 Å². The highest BCUT2D eigenvalue weighted by molar-refractivity contribution is 5.88. The Kier molecular flexibility index (Phi) is 6.31. The summed E-state index contributed by atoms with van der Waals surface area (Å²) in [4.78, 5) is 12.0. The van der Waals surface area contributed by atoms with Crippen LogP contribution in [0.1, 0.15) is 25.5 Å². The quantitative estimate of drug-likeness (QED) is 0.728. The molecule has 0 saturated heterocycles. The van der Waals surface area contributed by atoms with E-state index in [4.69, 9.17) is 5.11 Å². The number of hydrogen-bond donors (Lipinski definition) is 3. The highest BCUT2D eigenvalue weighted by Gasteiger charge is 2.11. The second-order valence-corrected chi connectivity index (χ2v) is 5.68. The highest BCUT2D eigenvalue weighted by atomic mass is 19.1. The van der Waals surface area contributed by atoms with Crippen molar-refractivity contribution in [2.45, 2.75) is 26.7 Å². The Labute approximate surface area is 140 Å². The summed E-state index contributed by atoms with van der Waals surface area (Å²) in [6.07, 6.45) is 1.55. The zero-order chi connectivity index (χ0) is 17.5. The fraction of sp³-hybridized carbons (Fsp3) is 0.412. The predicted molar refractivity (Wildman–Crippen MR) is 90.8 cm³/mol. The van der Waals surface area contributed by atoms with E-state index in [0.717, 1.165) is 17.8 Å². The Bertz CT molecular complexity index is 670. The molecule has 0 aliphatic heterocycles. The molecule has 0 saturated carbocycles. The monoisotopic (exact) mass is 334 g/mol. The van der Waals surface area contributed by atoms with Crippen LogP contribution in [-0.2, 0) is 0 Å². The number of nitrogens with zero attached hydrogens (tertiary/aromatic N) is 2. The maximum Gasteiger partial charge on any atom is 0.320 e. The van der Waals surface area contributed by atoms with E-state index in [-0.39, 0.29) is 24.4 Å². The molecule has 2 aromatic rings. The summed E-state index contributed by atoms with van der Waals surface area (Å²) in [5.41, 5.74) is 1.54. The summed E-state index contributed by atoms with van der Waals surface area (Å²) in [5.74, 6) is 0.360. The number of aryl methyl sites for hydroxylation is 1. The first-order valence-corrected chi connectivity index (χ1v) is 8.01. The van der Waals surface area contributed by atoms with E-state index >= 15 is 0 Å². The Morgan fingerprint density at radius 3 is 2.71 bits per heavy atom. The van der Waals surface area contributed by atoms with Gasteiger partial charge in [0.15, 0.2) is 5.82 Å². The molecule has 0 fully saturated rings. The average Bonchev–Trinajstić information content (AvgIpc) is 2.92. The first-order valence-electron chi connectivity index (χ1n) is 8.01. The van der Waals surface area contributed by atoms with E-state index in [1.165, 1.54) is 12.1 Å². The van der Waals surface area contributed by atoms with Crippen LogP contribution in [0.5, 0.6) is 0 Å². The van der Waals surface area contributed by atoms with Crippen molar-refractivity contribution in [3.8, 4) is 5.69 Å². The second-order valence-electron chi connectivity index (χ2n) is 5.68. The van der Waals surface area contributed by atoms with Crippen LogP contribution in [0, 0.1) is 18.7 Å². The number of carbonyl (C=O) groups is 1. The number of benzene rings is 1. The van der Waals surface area contributed by atoms with Crippen LogP contribution in [-0.4, -0.2) is 34.1 Å². The molecule has 24 heavy (non-hydrogen) atoms. The largest absolute Gasteiger partial charge is 0.396 e. The topological polar surface area (TPSA) is 79.2 Å². The number of aromatic nitrogens is 2. The van der Waals surface area contributed by atoms with Gasteiger partial charge in [0, 0.05) is 24.9 Å². The molecule has 0 spiro atoms. The standard InChI is InChI=1S/C17H23FN4O2/c1-3-13(8-9-23)11-19-17(24)20-16-10-12(2)22(21-16)15-6-4-14(18)5-7-15/h4-7,10,13,23H,3,8-9,11H2,1-2H3,(H2,19,20,21,24). The molecule has 2 amide bonds. The number of halogens is 1. The van der Waals surface area contributed by atoms with Gasteiger partial charge in [-0.1, -0.05) is 13.3 Å². The number of urea groups is 1. The predicted octanol–water partition coefficient (Wildman–Crippen LogP) is 2.85. The molecule has 0 radical (unpaired) electrons. The van der Waals surface area contributed by atoms with Crippen LogP contribution >= 0.6 is 0 Å². The molecule has 1 atom stereocenters. The van der Waals surface area contributed by atoms with Gasteiger partial charge in [0.1, 0.15) is 5.82 Å². The van der Waals surface area contributed by atoms with Gasteiger partial charge in [-0.25, -0.2) is 13.9 Å². The van der Waals surface area contributed by atoms with Crippen molar-refractivity contribution in [1.29, 1.82) is 0 Å². The second kappa shape index (κ2) is 8.44. The lowest BCUT2D eigenvalue weighted by atomic mass is 10.0. The van der Waals surface area contributed by atoms with Crippen LogP contribution < -0.4 is 10.6 Å². The molecule has 0 bridgehead atoms. The number of aliphatic hydroxyl groups is 1. The van der Waals surface area contributed by atoms with Gasteiger partial charge in [-0.3, -0.25) is 5.32 Å². The van der Waals surface area contributed by atoms with Crippen molar-refractivity contribution >= 4 is 11.8 Å². The fourth-order valence-electron chi connectivity index (χ4n) is 2.41. The molecule has 1 unspecified atom stereocenters. The lowest BCUT2D eigenvalue weighted by Gasteiger charge is -2.14. The Morgan fingerprint density at radius 2 is 2.08 bits per heavy atom. The first kappa shape index (κ1) is 17.9. The van der Waals surface area contributed by atoms with Gasteiger partial charge in [0.25, 0.3) is 0 Å². The van der Waals surface area contributed by atoms with Crippen LogP contribution in [0.2, 0.25) is 0 Å². The van der Waals surface area contributed by atoms with Crippen molar-refractivity contribution in [2.24, 2.45) is 5.92 Å².